The minimum atomic E-state index is 0.162. The first-order valence-corrected chi connectivity index (χ1v) is 8.16. The van der Waals surface area contributed by atoms with Gasteiger partial charge < -0.3 is 0 Å². The summed E-state index contributed by atoms with van der Waals surface area (Å²) < 4.78 is 0. The van der Waals surface area contributed by atoms with Gasteiger partial charge in [0.1, 0.15) is 0 Å². The second-order valence-corrected chi connectivity index (χ2v) is 5.89. The molecule has 0 saturated carbocycles. The van der Waals surface area contributed by atoms with Gasteiger partial charge in [0.2, 0.25) is 0 Å². The van der Waals surface area contributed by atoms with E-state index in [1.807, 2.05) is 23.5 Å². The van der Waals surface area contributed by atoms with Gasteiger partial charge in [0.25, 0.3) is 0 Å². The molecule has 86 valence electrons. The molecule has 0 saturated heterocycles. The topological polar surface area (TPSA) is 12.4 Å². The van der Waals surface area contributed by atoms with Crippen molar-refractivity contribution in [2.45, 2.75) is 12.3 Å². The second-order valence-electron chi connectivity index (χ2n) is 4.16. The zero-order chi connectivity index (χ0) is 11.6. The van der Waals surface area contributed by atoms with E-state index in [0.717, 1.165) is 11.5 Å². The van der Waals surface area contributed by atoms with Crippen molar-refractivity contribution in [3.8, 4) is 0 Å². The molecule has 0 aromatic heterocycles. The maximum atomic E-state index is 4.73. The lowest BCUT2D eigenvalue weighted by Crippen LogP contribution is -2.37. The Bertz CT molecular complexity index is 406. The summed E-state index contributed by atoms with van der Waals surface area (Å²) in [6, 6.07) is 8.56. The number of hydrogen-bond acceptors (Lipinski definition) is 3. The van der Waals surface area contributed by atoms with E-state index in [4.69, 9.17) is 4.99 Å². The first kappa shape index (κ1) is 12.1. The highest BCUT2D eigenvalue weighted by atomic mass is 32.2. The Morgan fingerprint density at radius 2 is 1.75 bits per heavy atom. The lowest BCUT2D eigenvalue weighted by atomic mass is 9.82. The van der Waals surface area contributed by atoms with Crippen LogP contribution in [-0.4, -0.2) is 29.7 Å². The lowest BCUT2D eigenvalue weighted by Gasteiger charge is -2.29. The number of nitrogens with zero attached hydrogens (tertiary/aromatic N) is 1. The average Bonchev–Trinajstić information content (AvgIpc) is 2.54. The van der Waals surface area contributed by atoms with E-state index in [-0.39, 0.29) is 5.41 Å². The molecule has 1 aromatic rings. The first-order valence-electron chi connectivity index (χ1n) is 5.38. The predicted octanol–water partition coefficient (Wildman–Crippen LogP) is 3.76. The van der Waals surface area contributed by atoms with Gasteiger partial charge in [-0.05, 0) is 31.1 Å². The lowest BCUT2D eigenvalue weighted by molar-refractivity contribution is 0.762. The van der Waals surface area contributed by atoms with Gasteiger partial charge in [-0.1, -0.05) is 18.2 Å². The maximum absolute atomic E-state index is 4.73. The van der Waals surface area contributed by atoms with Gasteiger partial charge in [-0.2, -0.15) is 23.5 Å². The third-order valence-electron chi connectivity index (χ3n) is 3.18. The summed E-state index contributed by atoms with van der Waals surface area (Å²) in [5.41, 5.74) is 4.02. The number of thioether (sulfide) groups is 2. The molecule has 0 fully saturated rings. The van der Waals surface area contributed by atoms with Crippen molar-refractivity contribution in [2.75, 3.05) is 24.0 Å². The molecular weight excluding hydrogens is 234 g/mol. The summed E-state index contributed by atoms with van der Waals surface area (Å²) in [6.07, 6.45) is 4.35. The Kier molecular flexibility index (Phi) is 3.65. The summed E-state index contributed by atoms with van der Waals surface area (Å²) in [5.74, 6) is 2.25. The Morgan fingerprint density at radius 3 is 2.38 bits per heavy atom. The SMILES string of the molecule is CSCC1(CSC)C(C)=Nc2ccccc21. The van der Waals surface area contributed by atoms with E-state index in [9.17, 15) is 0 Å². The number of benzene rings is 1. The van der Waals surface area contributed by atoms with Crippen LogP contribution in [0.4, 0.5) is 5.69 Å². The van der Waals surface area contributed by atoms with E-state index < -0.39 is 0 Å². The number of hydrogen-bond donors (Lipinski definition) is 0. The van der Waals surface area contributed by atoms with E-state index in [1.165, 1.54) is 17.0 Å². The molecule has 1 heterocycles. The molecule has 0 atom stereocenters. The monoisotopic (exact) mass is 251 g/mol. The van der Waals surface area contributed by atoms with Crippen molar-refractivity contribution in [1.82, 2.24) is 0 Å². The molecule has 0 aliphatic carbocycles. The van der Waals surface area contributed by atoms with Crippen LogP contribution < -0.4 is 0 Å². The van der Waals surface area contributed by atoms with Crippen LogP contribution in [0.25, 0.3) is 0 Å². The Morgan fingerprint density at radius 1 is 1.12 bits per heavy atom. The van der Waals surface area contributed by atoms with Crippen LogP contribution in [-0.2, 0) is 5.41 Å². The van der Waals surface area contributed by atoms with Crippen LogP contribution in [0.5, 0.6) is 0 Å². The van der Waals surface area contributed by atoms with E-state index in [0.29, 0.717) is 0 Å². The van der Waals surface area contributed by atoms with Crippen LogP contribution in [0.3, 0.4) is 0 Å². The second kappa shape index (κ2) is 4.84. The number of para-hydroxylation sites is 1. The van der Waals surface area contributed by atoms with E-state index in [2.05, 4.69) is 43.7 Å². The molecule has 1 aromatic carbocycles. The van der Waals surface area contributed by atoms with Crippen molar-refractivity contribution >= 4 is 34.9 Å². The third kappa shape index (κ3) is 1.80. The van der Waals surface area contributed by atoms with Crippen LogP contribution in [0.1, 0.15) is 12.5 Å². The summed E-state index contributed by atoms with van der Waals surface area (Å²) in [6.45, 7) is 2.17. The molecule has 0 bridgehead atoms. The van der Waals surface area contributed by atoms with Gasteiger partial charge in [-0.3, -0.25) is 4.99 Å². The highest BCUT2D eigenvalue weighted by molar-refractivity contribution is 7.99. The smallest absolute Gasteiger partial charge is 0.0671 e. The zero-order valence-electron chi connectivity index (χ0n) is 9.99. The summed E-state index contributed by atoms with van der Waals surface area (Å²) >= 11 is 3.82. The summed E-state index contributed by atoms with van der Waals surface area (Å²) in [5, 5.41) is 0. The fourth-order valence-corrected chi connectivity index (χ4v) is 4.40. The van der Waals surface area contributed by atoms with Gasteiger partial charge in [0, 0.05) is 17.2 Å². The van der Waals surface area contributed by atoms with Gasteiger partial charge in [-0.25, -0.2) is 0 Å². The molecule has 0 unspecified atom stereocenters. The number of rotatable bonds is 4. The zero-order valence-corrected chi connectivity index (χ0v) is 11.6. The summed E-state index contributed by atoms with van der Waals surface area (Å²) in [7, 11) is 0. The Labute approximate surface area is 106 Å². The molecular formula is C13H17NS2. The molecule has 1 nitrogen and oxygen atoms in total. The standard InChI is InChI=1S/C13H17NS2/c1-10-13(8-15-2,9-16-3)11-6-4-5-7-12(11)14-10/h4-7H,8-9H2,1-3H3. The van der Waals surface area contributed by atoms with Crippen molar-refractivity contribution in [2.24, 2.45) is 4.99 Å². The van der Waals surface area contributed by atoms with Gasteiger partial charge in [0.15, 0.2) is 0 Å². The maximum Gasteiger partial charge on any atom is 0.0671 e. The van der Waals surface area contributed by atoms with Crippen molar-refractivity contribution in [3.05, 3.63) is 29.8 Å². The van der Waals surface area contributed by atoms with Crippen LogP contribution in [0.2, 0.25) is 0 Å². The fraction of sp³-hybridized carbons (Fsp3) is 0.462. The van der Waals surface area contributed by atoms with Gasteiger partial charge >= 0.3 is 0 Å². The molecule has 0 radical (unpaired) electrons. The van der Waals surface area contributed by atoms with Gasteiger partial charge in [0.05, 0.1) is 11.1 Å². The highest BCUT2D eigenvalue weighted by Crippen LogP contribution is 2.43. The first-order chi connectivity index (χ1) is 7.74. The predicted molar refractivity (Wildman–Crippen MR) is 77.7 cm³/mol. The van der Waals surface area contributed by atoms with Crippen LogP contribution >= 0.6 is 23.5 Å². The molecule has 1 aliphatic heterocycles. The summed E-state index contributed by atoms with van der Waals surface area (Å²) in [4.78, 5) is 4.73. The van der Waals surface area contributed by atoms with Crippen molar-refractivity contribution in [3.63, 3.8) is 0 Å². The minimum absolute atomic E-state index is 0.162. The largest absolute Gasteiger partial charge is 0.257 e. The quantitative estimate of drug-likeness (QED) is 0.808. The van der Waals surface area contributed by atoms with Crippen molar-refractivity contribution in [1.29, 1.82) is 0 Å². The number of aliphatic imine (C=N–C) groups is 1. The minimum Gasteiger partial charge on any atom is -0.257 e. The van der Waals surface area contributed by atoms with Crippen molar-refractivity contribution < 1.29 is 0 Å². The average molecular weight is 251 g/mol. The van der Waals surface area contributed by atoms with E-state index in [1.54, 1.807) is 0 Å². The van der Waals surface area contributed by atoms with Gasteiger partial charge in [-0.15, -0.1) is 0 Å². The van der Waals surface area contributed by atoms with Crippen LogP contribution in [0.15, 0.2) is 29.3 Å². The molecule has 0 spiro atoms. The number of fused-ring (bicyclic) bond motifs is 1. The van der Waals surface area contributed by atoms with Crippen LogP contribution in [0, 0.1) is 0 Å². The Balaban J connectivity index is 2.49. The highest BCUT2D eigenvalue weighted by Gasteiger charge is 2.40. The molecule has 2 rings (SSSR count). The molecule has 0 N–H and O–H groups in total. The third-order valence-corrected chi connectivity index (χ3v) is 4.74. The Hall–Kier alpha value is -0.410. The molecule has 3 heteroatoms. The molecule has 0 amide bonds. The molecule has 1 aliphatic rings. The normalized spacial score (nSPS) is 17.1. The molecule has 16 heavy (non-hydrogen) atoms. The van der Waals surface area contributed by atoms with E-state index >= 15 is 0 Å². The fourth-order valence-electron chi connectivity index (χ4n) is 2.36.